The molecule has 2 aromatic rings. The Bertz CT molecular complexity index is 982. The Hall–Kier alpha value is -2.67. The lowest BCUT2D eigenvalue weighted by molar-refractivity contribution is -0.129. The average molecular weight is 401 g/mol. The molecule has 7 heteroatoms. The number of rotatable bonds is 5. The van der Waals surface area contributed by atoms with Crippen LogP contribution in [0.2, 0.25) is 0 Å². The van der Waals surface area contributed by atoms with Crippen LogP contribution in [0.15, 0.2) is 53.4 Å². The minimum atomic E-state index is -3.85. The molecule has 1 aliphatic carbocycles. The van der Waals surface area contributed by atoms with Crippen molar-refractivity contribution in [3.05, 3.63) is 59.7 Å². The molecule has 0 spiro atoms. The van der Waals surface area contributed by atoms with E-state index < -0.39 is 22.1 Å². The molecule has 0 N–H and O–H groups in total. The lowest BCUT2D eigenvalue weighted by Gasteiger charge is -2.21. The zero-order valence-electron chi connectivity index (χ0n) is 15.9. The van der Waals surface area contributed by atoms with E-state index in [0.29, 0.717) is 18.5 Å². The Morgan fingerprint density at radius 1 is 1.11 bits per heavy atom. The lowest BCUT2D eigenvalue weighted by Crippen LogP contribution is -2.30. The third-order valence-corrected chi connectivity index (χ3v) is 6.66. The predicted molar refractivity (Wildman–Crippen MR) is 106 cm³/mol. The summed E-state index contributed by atoms with van der Waals surface area (Å²) in [5, 5.41) is 0. The van der Waals surface area contributed by atoms with E-state index >= 15 is 0 Å². The molecular formula is C21H23NO5S. The summed E-state index contributed by atoms with van der Waals surface area (Å²) < 4.78 is 32.4. The number of Topliss-reactive ketones (excluding diaryl/α,β-unsaturated/α-hetero) is 1. The van der Waals surface area contributed by atoms with E-state index in [1.807, 2.05) is 19.1 Å². The van der Waals surface area contributed by atoms with Gasteiger partial charge in [-0.2, -0.15) is 0 Å². The van der Waals surface area contributed by atoms with E-state index in [-0.39, 0.29) is 16.2 Å². The fourth-order valence-electron chi connectivity index (χ4n) is 3.11. The summed E-state index contributed by atoms with van der Waals surface area (Å²) in [6.45, 7) is 1.92. The minimum Gasteiger partial charge on any atom is -0.451 e. The summed E-state index contributed by atoms with van der Waals surface area (Å²) in [6.07, 6.45) is 1.83. The van der Waals surface area contributed by atoms with Crippen LogP contribution in [0, 0.1) is 6.92 Å². The van der Waals surface area contributed by atoms with Crippen molar-refractivity contribution in [3.63, 3.8) is 0 Å². The Morgan fingerprint density at radius 2 is 1.82 bits per heavy atom. The van der Waals surface area contributed by atoms with E-state index in [9.17, 15) is 18.0 Å². The summed E-state index contributed by atoms with van der Waals surface area (Å²) in [5.41, 5.74) is 1.65. The molecule has 6 nitrogen and oxygen atoms in total. The van der Waals surface area contributed by atoms with Crippen molar-refractivity contribution < 1.29 is 22.7 Å². The van der Waals surface area contributed by atoms with Gasteiger partial charge in [0, 0.05) is 13.5 Å². The number of aryl methyl sites for hydroxylation is 1. The number of carbonyl (C=O) groups excluding carboxylic acids is 2. The number of benzene rings is 2. The molecule has 1 atom stereocenters. The molecule has 0 bridgehead atoms. The first-order valence-corrected chi connectivity index (χ1v) is 10.6. The number of anilines is 1. The molecule has 0 amide bonds. The second kappa shape index (κ2) is 8.14. The number of carbonyl (C=O) groups is 2. The van der Waals surface area contributed by atoms with E-state index in [1.54, 1.807) is 12.1 Å². The van der Waals surface area contributed by atoms with Gasteiger partial charge < -0.3 is 4.74 Å². The normalized spacial score (nSPS) is 17.2. The highest BCUT2D eigenvalue weighted by atomic mass is 32.2. The number of ether oxygens (including phenoxy) is 1. The quantitative estimate of drug-likeness (QED) is 0.717. The number of ketones is 1. The van der Waals surface area contributed by atoms with Gasteiger partial charge in [0.05, 0.1) is 16.1 Å². The number of hydrogen-bond donors (Lipinski definition) is 0. The molecule has 0 aromatic heterocycles. The molecule has 0 aliphatic heterocycles. The molecule has 0 saturated heterocycles. The molecule has 0 radical (unpaired) electrons. The summed E-state index contributed by atoms with van der Waals surface area (Å²) in [5.74, 6) is -0.766. The molecule has 1 saturated carbocycles. The lowest BCUT2D eigenvalue weighted by atomic mass is 9.96. The molecule has 2 aromatic carbocycles. The smallest absolute Gasteiger partial charge is 0.338 e. The Kier molecular flexibility index (Phi) is 5.84. The first-order valence-electron chi connectivity index (χ1n) is 9.18. The number of sulfonamides is 1. The Morgan fingerprint density at radius 3 is 2.50 bits per heavy atom. The maximum absolute atomic E-state index is 13.0. The Labute approximate surface area is 165 Å². The first kappa shape index (κ1) is 20.1. The zero-order valence-corrected chi connectivity index (χ0v) is 16.7. The number of hydrogen-bond acceptors (Lipinski definition) is 5. The molecule has 1 aliphatic rings. The van der Waals surface area contributed by atoms with Gasteiger partial charge in [-0.1, -0.05) is 23.8 Å². The first-order chi connectivity index (χ1) is 13.3. The van der Waals surface area contributed by atoms with Gasteiger partial charge >= 0.3 is 5.97 Å². The maximum Gasteiger partial charge on any atom is 0.338 e. The molecule has 3 rings (SSSR count). The zero-order chi connectivity index (χ0) is 20.3. The molecule has 0 heterocycles. The summed E-state index contributed by atoms with van der Waals surface area (Å²) >= 11 is 0. The van der Waals surface area contributed by atoms with E-state index in [0.717, 1.165) is 18.4 Å². The molecular weight excluding hydrogens is 378 g/mol. The van der Waals surface area contributed by atoms with Crippen LogP contribution in [-0.2, 0) is 19.6 Å². The highest BCUT2D eigenvalue weighted by Gasteiger charge is 2.27. The third kappa shape index (κ3) is 4.25. The molecule has 0 unspecified atom stereocenters. The van der Waals surface area contributed by atoms with Crippen LogP contribution in [0.3, 0.4) is 0 Å². The fourth-order valence-corrected chi connectivity index (χ4v) is 4.35. The van der Waals surface area contributed by atoms with Crippen LogP contribution in [0.1, 0.15) is 41.6 Å². The highest BCUT2D eigenvalue weighted by molar-refractivity contribution is 7.92. The minimum absolute atomic E-state index is 0.0139. The summed E-state index contributed by atoms with van der Waals surface area (Å²) in [7, 11) is -2.38. The van der Waals surface area contributed by atoms with Crippen LogP contribution in [0.5, 0.6) is 0 Å². The van der Waals surface area contributed by atoms with Crippen LogP contribution in [-0.4, -0.2) is 33.3 Å². The molecule has 1 fully saturated rings. The van der Waals surface area contributed by atoms with Gasteiger partial charge in [-0.15, -0.1) is 0 Å². The second-order valence-corrected chi connectivity index (χ2v) is 8.91. The van der Waals surface area contributed by atoms with Crippen LogP contribution in [0.25, 0.3) is 0 Å². The van der Waals surface area contributed by atoms with Crippen LogP contribution in [0.4, 0.5) is 5.69 Å². The predicted octanol–water partition coefficient (Wildman–Crippen LogP) is 3.49. The number of esters is 1. The van der Waals surface area contributed by atoms with Crippen molar-refractivity contribution in [2.45, 2.75) is 43.6 Å². The highest BCUT2D eigenvalue weighted by Crippen LogP contribution is 2.24. The maximum atomic E-state index is 13.0. The van der Waals surface area contributed by atoms with Gasteiger partial charge in [0.25, 0.3) is 10.0 Å². The molecule has 28 heavy (non-hydrogen) atoms. The van der Waals surface area contributed by atoms with Crippen molar-refractivity contribution >= 4 is 27.5 Å². The van der Waals surface area contributed by atoms with Crippen molar-refractivity contribution in [2.75, 3.05) is 11.4 Å². The largest absolute Gasteiger partial charge is 0.451 e. The van der Waals surface area contributed by atoms with Gasteiger partial charge in [0.1, 0.15) is 0 Å². The van der Waals surface area contributed by atoms with Crippen molar-refractivity contribution in [1.82, 2.24) is 0 Å². The monoisotopic (exact) mass is 401 g/mol. The van der Waals surface area contributed by atoms with Crippen LogP contribution >= 0.6 is 0 Å². The van der Waals surface area contributed by atoms with Gasteiger partial charge in [0.15, 0.2) is 11.9 Å². The standard InChI is InChI=1S/C21H23NO5S/c1-15-10-12-17(13-11-15)22(2)28(25,26)18-7-5-6-16(14-18)21(24)27-20-9-4-3-8-19(20)23/h5-7,10-14,20H,3-4,8-9H2,1-2H3/t20-/m0/s1. The van der Waals surface area contributed by atoms with Crippen molar-refractivity contribution in [2.24, 2.45) is 0 Å². The van der Waals surface area contributed by atoms with Gasteiger partial charge in [-0.25, -0.2) is 13.2 Å². The van der Waals surface area contributed by atoms with Crippen molar-refractivity contribution in [1.29, 1.82) is 0 Å². The summed E-state index contributed by atoms with van der Waals surface area (Å²) in [4.78, 5) is 24.3. The van der Waals surface area contributed by atoms with E-state index in [1.165, 1.54) is 35.6 Å². The summed E-state index contributed by atoms with van der Waals surface area (Å²) in [6, 6.07) is 12.8. The number of nitrogens with zero attached hydrogens (tertiary/aromatic N) is 1. The van der Waals surface area contributed by atoms with E-state index in [2.05, 4.69) is 0 Å². The average Bonchev–Trinajstić information content (AvgIpc) is 2.70. The second-order valence-electron chi connectivity index (χ2n) is 6.94. The third-order valence-electron chi connectivity index (χ3n) is 4.87. The van der Waals surface area contributed by atoms with Crippen molar-refractivity contribution in [3.8, 4) is 0 Å². The SMILES string of the molecule is Cc1ccc(N(C)S(=O)(=O)c2cccc(C(=O)O[C@H]3CCCCC3=O)c2)cc1. The van der Waals surface area contributed by atoms with Crippen LogP contribution < -0.4 is 4.31 Å². The topological polar surface area (TPSA) is 80.8 Å². The van der Waals surface area contributed by atoms with Gasteiger partial charge in [0.2, 0.25) is 0 Å². The van der Waals surface area contributed by atoms with E-state index in [4.69, 9.17) is 4.74 Å². The van der Waals surface area contributed by atoms with Gasteiger partial charge in [-0.05, 0) is 56.5 Å². The fraction of sp³-hybridized carbons (Fsp3) is 0.333. The Balaban J connectivity index is 1.82. The molecule has 148 valence electrons. The van der Waals surface area contributed by atoms with Gasteiger partial charge in [-0.3, -0.25) is 9.10 Å².